The number of hydrogen-bond donors (Lipinski definition) is 2. The van der Waals surface area contributed by atoms with Crippen molar-refractivity contribution in [3.8, 4) is 16.8 Å². The van der Waals surface area contributed by atoms with Crippen molar-refractivity contribution in [3.63, 3.8) is 0 Å². The Morgan fingerprint density at radius 1 is 1.00 bits per heavy atom. The van der Waals surface area contributed by atoms with Crippen LogP contribution in [0.15, 0.2) is 79.0 Å². The van der Waals surface area contributed by atoms with Crippen LogP contribution in [0.25, 0.3) is 16.8 Å². The SMILES string of the molecule is C[C@@H](OC(=O)Nc1c(Cl)cnn1-c1ccc(-c2ccc(C3(c4nnn[nH]4)CC3)cc2)cc1)c1ccccc1Cl. The molecule has 5 aromatic rings. The second-order valence-corrected chi connectivity index (χ2v) is 10.2. The van der Waals surface area contributed by atoms with E-state index >= 15 is 0 Å². The third-order valence-electron chi connectivity index (χ3n) is 7.00. The number of rotatable bonds is 7. The Morgan fingerprint density at radius 3 is 2.33 bits per heavy atom. The number of H-pyrrole nitrogens is 1. The molecule has 6 rings (SSSR count). The molecule has 1 amide bonds. The molecule has 0 spiro atoms. The van der Waals surface area contributed by atoms with Crippen LogP contribution in [0.1, 0.15) is 42.8 Å². The number of carbonyl (C=O) groups excluding carboxylic acids is 1. The number of anilines is 1. The van der Waals surface area contributed by atoms with Gasteiger partial charge in [0.2, 0.25) is 0 Å². The van der Waals surface area contributed by atoms with E-state index in [4.69, 9.17) is 27.9 Å². The number of aromatic amines is 1. The van der Waals surface area contributed by atoms with Crippen molar-refractivity contribution in [3.05, 3.63) is 106 Å². The highest BCUT2D eigenvalue weighted by Crippen LogP contribution is 2.52. The Kier molecular flexibility index (Phi) is 6.54. The predicted molar refractivity (Wildman–Crippen MR) is 148 cm³/mol. The molecule has 1 aliphatic carbocycles. The van der Waals surface area contributed by atoms with Crippen LogP contribution in [0.3, 0.4) is 0 Å². The highest BCUT2D eigenvalue weighted by Gasteiger charge is 2.49. The van der Waals surface area contributed by atoms with Crippen molar-refractivity contribution in [2.24, 2.45) is 0 Å². The summed E-state index contributed by atoms with van der Waals surface area (Å²) in [6.07, 6.45) is 2.29. The van der Waals surface area contributed by atoms with Gasteiger partial charge in [-0.2, -0.15) is 5.10 Å². The van der Waals surface area contributed by atoms with Crippen molar-refractivity contribution in [1.29, 1.82) is 0 Å². The number of nitrogens with one attached hydrogen (secondary N) is 2. The van der Waals surface area contributed by atoms with E-state index in [1.165, 1.54) is 11.8 Å². The first-order chi connectivity index (χ1) is 18.9. The van der Waals surface area contributed by atoms with E-state index in [2.05, 4.69) is 55.3 Å². The number of nitrogens with zero attached hydrogens (tertiary/aromatic N) is 5. The molecule has 2 aromatic heterocycles. The van der Waals surface area contributed by atoms with Gasteiger partial charge in [-0.15, -0.1) is 5.10 Å². The van der Waals surface area contributed by atoms with Crippen molar-refractivity contribution in [2.75, 3.05) is 5.32 Å². The highest BCUT2D eigenvalue weighted by molar-refractivity contribution is 6.33. The molecule has 9 nitrogen and oxygen atoms in total. The standard InChI is InChI=1S/C28H23Cl2N7O2/c1-17(22-4-2-3-5-23(22)29)39-27(38)32-25-24(30)16-31-37(25)21-12-8-19(9-13-21)18-6-10-20(11-7-18)28(14-15-28)26-33-35-36-34-26/h2-13,16-17H,14-15H2,1H3,(H,32,38)(H,33,34,35,36)/t17-/m1/s1. The maximum absolute atomic E-state index is 12.7. The summed E-state index contributed by atoms with van der Waals surface area (Å²) in [5, 5.41) is 22.4. The molecule has 1 atom stereocenters. The van der Waals surface area contributed by atoms with Gasteiger partial charge >= 0.3 is 6.09 Å². The summed E-state index contributed by atoms with van der Waals surface area (Å²) >= 11 is 12.6. The zero-order chi connectivity index (χ0) is 27.0. The normalized spacial score (nSPS) is 14.5. The predicted octanol–water partition coefficient (Wildman–Crippen LogP) is 6.75. The van der Waals surface area contributed by atoms with Crippen molar-refractivity contribution in [1.82, 2.24) is 30.4 Å². The van der Waals surface area contributed by atoms with Gasteiger partial charge in [0.15, 0.2) is 11.6 Å². The number of hydrogen-bond acceptors (Lipinski definition) is 6. The number of tetrazole rings is 1. The lowest BCUT2D eigenvalue weighted by molar-refractivity contribution is 0.121. The maximum atomic E-state index is 12.7. The molecule has 2 N–H and O–H groups in total. The van der Waals surface area contributed by atoms with Crippen molar-refractivity contribution in [2.45, 2.75) is 31.3 Å². The van der Waals surface area contributed by atoms with Crippen LogP contribution >= 0.6 is 23.2 Å². The lowest BCUT2D eigenvalue weighted by atomic mass is 9.93. The quantitative estimate of drug-likeness (QED) is 0.228. The fraction of sp³-hybridized carbons (Fsp3) is 0.179. The fourth-order valence-corrected chi connectivity index (χ4v) is 5.18. The van der Waals surface area contributed by atoms with E-state index < -0.39 is 12.2 Å². The summed E-state index contributed by atoms with van der Waals surface area (Å²) in [4.78, 5) is 12.7. The molecule has 0 aliphatic heterocycles. The van der Waals surface area contributed by atoms with E-state index in [1.54, 1.807) is 17.7 Å². The molecule has 0 radical (unpaired) electrons. The van der Waals surface area contributed by atoms with Gasteiger partial charge in [0, 0.05) is 10.6 Å². The van der Waals surface area contributed by atoms with Gasteiger partial charge in [-0.25, -0.2) is 14.6 Å². The number of halogens is 2. The molecule has 11 heteroatoms. The number of ether oxygens (including phenoxy) is 1. The van der Waals surface area contributed by atoms with Crippen LogP contribution in [0, 0.1) is 0 Å². The maximum Gasteiger partial charge on any atom is 0.413 e. The van der Waals surface area contributed by atoms with Crippen LogP contribution in [-0.2, 0) is 10.2 Å². The van der Waals surface area contributed by atoms with Gasteiger partial charge in [-0.05, 0) is 65.1 Å². The third-order valence-corrected chi connectivity index (χ3v) is 7.62. The minimum absolute atomic E-state index is 0.110. The first kappa shape index (κ1) is 25.1. The molecular weight excluding hydrogens is 537 g/mol. The zero-order valence-electron chi connectivity index (χ0n) is 20.8. The smallest absolute Gasteiger partial charge is 0.413 e. The Hall–Kier alpha value is -4.21. The van der Waals surface area contributed by atoms with Crippen LogP contribution in [-0.4, -0.2) is 36.5 Å². The number of benzene rings is 3. The van der Waals surface area contributed by atoms with Gasteiger partial charge in [-0.3, -0.25) is 5.32 Å². The average Bonchev–Trinajstić information content (AvgIpc) is 3.40. The molecule has 1 aliphatic rings. The lowest BCUT2D eigenvalue weighted by Crippen LogP contribution is -2.18. The van der Waals surface area contributed by atoms with E-state index in [-0.39, 0.29) is 10.4 Å². The first-order valence-corrected chi connectivity index (χ1v) is 13.1. The molecule has 3 aromatic carbocycles. The van der Waals surface area contributed by atoms with Gasteiger partial charge < -0.3 is 4.74 Å². The van der Waals surface area contributed by atoms with E-state index in [1.807, 2.05) is 42.5 Å². The number of amides is 1. The summed E-state index contributed by atoms with van der Waals surface area (Å²) in [5.74, 6) is 1.12. The number of carbonyl (C=O) groups is 1. The first-order valence-electron chi connectivity index (χ1n) is 12.4. The zero-order valence-corrected chi connectivity index (χ0v) is 22.3. The van der Waals surface area contributed by atoms with E-state index in [9.17, 15) is 4.79 Å². The lowest BCUT2D eigenvalue weighted by Gasteiger charge is -2.16. The van der Waals surface area contributed by atoms with Crippen molar-refractivity contribution >= 4 is 35.1 Å². The van der Waals surface area contributed by atoms with Crippen LogP contribution < -0.4 is 5.32 Å². The van der Waals surface area contributed by atoms with Crippen molar-refractivity contribution < 1.29 is 9.53 Å². The molecule has 196 valence electrons. The Bertz CT molecular complexity index is 1610. The molecular formula is C28H23Cl2N7O2. The Morgan fingerprint density at radius 2 is 1.69 bits per heavy atom. The third kappa shape index (κ3) is 4.86. The van der Waals surface area contributed by atoms with E-state index in [0.29, 0.717) is 16.4 Å². The summed E-state index contributed by atoms with van der Waals surface area (Å²) in [6, 6.07) is 23.5. The van der Waals surface area contributed by atoms with Gasteiger partial charge in [0.1, 0.15) is 11.1 Å². The van der Waals surface area contributed by atoms with Gasteiger partial charge in [-0.1, -0.05) is 77.8 Å². The van der Waals surface area contributed by atoms with Crippen LogP contribution in [0.4, 0.5) is 10.6 Å². The number of aromatic nitrogens is 6. The topological polar surface area (TPSA) is 111 Å². The molecule has 1 fully saturated rings. The largest absolute Gasteiger partial charge is 0.441 e. The molecule has 0 saturated heterocycles. The molecule has 39 heavy (non-hydrogen) atoms. The Labute approximate surface area is 234 Å². The molecule has 2 heterocycles. The van der Waals surface area contributed by atoms with E-state index in [0.717, 1.165) is 35.5 Å². The molecule has 1 saturated carbocycles. The average molecular weight is 560 g/mol. The van der Waals surface area contributed by atoms with Gasteiger partial charge in [0.25, 0.3) is 0 Å². The Balaban J connectivity index is 1.17. The minimum Gasteiger partial charge on any atom is -0.441 e. The van der Waals surface area contributed by atoms with Crippen LogP contribution in [0.5, 0.6) is 0 Å². The molecule has 0 unspecified atom stereocenters. The summed E-state index contributed by atoms with van der Waals surface area (Å²) in [6.45, 7) is 1.75. The summed E-state index contributed by atoms with van der Waals surface area (Å²) in [5.41, 5.74) is 4.63. The minimum atomic E-state index is -0.669. The fourth-order valence-electron chi connectivity index (χ4n) is 4.72. The van der Waals surface area contributed by atoms with Crippen LogP contribution in [0.2, 0.25) is 10.0 Å². The van der Waals surface area contributed by atoms with Gasteiger partial charge in [0.05, 0.1) is 17.3 Å². The highest BCUT2D eigenvalue weighted by atomic mass is 35.5. The monoisotopic (exact) mass is 559 g/mol. The summed E-state index contributed by atoms with van der Waals surface area (Å²) in [7, 11) is 0. The summed E-state index contributed by atoms with van der Waals surface area (Å²) < 4.78 is 7.08. The second kappa shape index (κ2) is 10.2. The molecule has 0 bridgehead atoms. The second-order valence-electron chi connectivity index (χ2n) is 9.40.